The van der Waals surface area contributed by atoms with E-state index in [0.29, 0.717) is 5.92 Å². The van der Waals surface area contributed by atoms with Crippen molar-refractivity contribution in [3.63, 3.8) is 0 Å². The number of hydrogen-bond acceptors (Lipinski definition) is 3. The highest BCUT2D eigenvalue weighted by atomic mass is 16.6. The minimum atomic E-state index is -0.586. The van der Waals surface area contributed by atoms with E-state index in [0.717, 1.165) is 24.8 Å². The van der Waals surface area contributed by atoms with Gasteiger partial charge in [-0.15, -0.1) is 0 Å². The number of esters is 1. The third-order valence-electron chi connectivity index (χ3n) is 6.77. The lowest BCUT2D eigenvalue weighted by molar-refractivity contribution is -0.145. The van der Waals surface area contributed by atoms with E-state index in [2.05, 4.69) is 26.0 Å². The third kappa shape index (κ3) is 1.82. The van der Waals surface area contributed by atoms with E-state index >= 15 is 0 Å². The zero-order valence-electron chi connectivity index (χ0n) is 14.5. The standard InChI is InChI=1S/C20H26O3/c1-11(2)13-10-20-9-7-14-12(6-5-8-19(14,3)4)17(20)23-18(22)15(20)16(13)21/h6,10-11,14-15,17H,5,7-9H2,1-4H3/t14-,15+,17-,20+/m1/s1. The van der Waals surface area contributed by atoms with Crippen molar-refractivity contribution in [3.8, 4) is 0 Å². The third-order valence-corrected chi connectivity index (χ3v) is 6.77. The fraction of sp³-hybridized carbons (Fsp3) is 0.700. The summed E-state index contributed by atoms with van der Waals surface area (Å²) in [6.45, 7) is 8.73. The van der Waals surface area contributed by atoms with Gasteiger partial charge in [-0.1, -0.05) is 39.8 Å². The van der Waals surface area contributed by atoms with E-state index in [1.165, 1.54) is 12.0 Å². The summed E-state index contributed by atoms with van der Waals surface area (Å²) < 4.78 is 5.81. The monoisotopic (exact) mass is 314 g/mol. The van der Waals surface area contributed by atoms with Crippen LogP contribution in [0.25, 0.3) is 0 Å². The number of carbonyl (C=O) groups excluding carboxylic acids is 2. The van der Waals surface area contributed by atoms with Gasteiger partial charge in [-0.2, -0.15) is 0 Å². The van der Waals surface area contributed by atoms with Gasteiger partial charge in [0, 0.05) is 0 Å². The summed E-state index contributed by atoms with van der Waals surface area (Å²) >= 11 is 0. The summed E-state index contributed by atoms with van der Waals surface area (Å²) in [4.78, 5) is 25.3. The summed E-state index contributed by atoms with van der Waals surface area (Å²) in [5.41, 5.74) is 1.98. The van der Waals surface area contributed by atoms with E-state index in [4.69, 9.17) is 4.74 Å². The molecule has 0 aromatic heterocycles. The molecule has 0 bridgehead atoms. The van der Waals surface area contributed by atoms with Gasteiger partial charge in [0.2, 0.25) is 0 Å². The van der Waals surface area contributed by atoms with Crippen LogP contribution in [0.15, 0.2) is 23.3 Å². The normalized spacial score (nSPS) is 41.0. The van der Waals surface area contributed by atoms with Crippen LogP contribution < -0.4 is 0 Å². The van der Waals surface area contributed by atoms with Crippen LogP contribution in [0.1, 0.15) is 53.4 Å². The van der Waals surface area contributed by atoms with E-state index in [1.807, 2.05) is 13.8 Å². The highest BCUT2D eigenvalue weighted by Crippen LogP contribution is 2.62. The average Bonchev–Trinajstić information content (AvgIpc) is 2.91. The molecule has 1 heterocycles. The Morgan fingerprint density at radius 1 is 1.22 bits per heavy atom. The summed E-state index contributed by atoms with van der Waals surface area (Å²) in [6.07, 6.45) is 8.38. The van der Waals surface area contributed by atoms with Gasteiger partial charge in [0.25, 0.3) is 0 Å². The first-order valence-corrected chi connectivity index (χ1v) is 8.95. The van der Waals surface area contributed by atoms with Crippen molar-refractivity contribution in [2.24, 2.45) is 28.6 Å². The second kappa shape index (κ2) is 4.58. The molecule has 2 fully saturated rings. The van der Waals surface area contributed by atoms with Gasteiger partial charge in [0.05, 0.1) is 5.41 Å². The molecule has 0 unspecified atom stereocenters. The fourth-order valence-corrected chi connectivity index (χ4v) is 5.50. The molecule has 4 rings (SSSR count). The lowest BCUT2D eigenvalue weighted by Crippen LogP contribution is -2.46. The number of rotatable bonds is 1. The first kappa shape index (κ1) is 15.2. The molecule has 3 nitrogen and oxygen atoms in total. The molecule has 1 aliphatic heterocycles. The van der Waals surface area contributed by atoms with Crippen molar-refractivity contribution < 1.29 is 14.3 Å². The second-order valence-corrected chi connectivity index (χ2v) is 8.80. The molecule has 1 saturated heterocycles. The maximum atomic E-state index is 12.8. The zero-order valence-corrected chi connectivity index (χ0v) is 14.5. The largest absolute Gasteiger partial charge is 0.456 e. The number of Topliss-reactive ketones (excluding diaryl/α,β-unsaturated/α-hetero) is 1. The van der Waals surface area contributed by atoms with Crippen LogP contribution in [-0.4, -0.2) is 17.9 Å². The van der Waals surface area contributed by atoms with Gasteiger partial charge in [0.1, 0.15) is 12.0 Å². The Balaban J connectivity index is 1.82. The Hall–Kier alpha value is -1.38. The van der Waals surface area contributed by atoms with Gasteiger partial charge in [0.15, 0.2) is 5.78 Å². The Bertz CT molecular complexity index is 652. The first-order valence-electron chi connectivity index (χ1n) is 8.95. The average molecular weight is 314 g/mol. The predicted molar refractivity (Wildman–Crippen MR) is 87.6 cm³/mol. The number of ketones is 1. The SMILES string of the molecule is CC(C)C1=C[C@]23CC[C@@H]4C(=CCCC4(C)C)[C@H]2OC(=O)[C@@H]3C1=O. The molecule has 1 saturated carbocycles. The Morgan fingerprint density at radius 2 is 1.96 bits per heavy atom. The lowest BCUT2D eigenvalue weighted by atomic mass is 9.55. The highest BCUT2D eigenvalue weighted by molar-refractivity contribution is 6.13. The van der Waals surface area contributed by atoms with Crippen molar-refractivity contribution in [2.75, 3.05) is 0 Å². The molecule has 1 spiro atoms. The number of fused-ring (bicyclic) bond motifs is 2. The first-order chi connectivity index (χ1) is 10.8. The highest BCUT2D eigenvalue weighted by Gasteiger charge is 2.66. The topological polar surface area (TPSA) is 43.4 Å². The summed E-state index contributed by atoms with van der Waals surface area (Å²) in [5.74, 6) is -0.217. The van der Waals surface area contributed by atoms with Crippen molar-refractivity contribution in [2.45, 2.75) is 59.5 Å². The van der Waals surface area contributed by atoms with Crippen LogP contribution in [0.5, 0.6) is 0 Å². The minimum absolute atomic E-state index is 0.0154. The zero-order chi connectivity index (χ0) is 16.6. The predicted octanol–water partition coefficient (Wildman–Crippen LogP) is 3.84. The molecule has 0 aromatic rings. The molecule has 124 valence electrons. The lowest BCUT2D eigenvalue weighted by Gasteiger charge is -2.48. The molecule has 3 heteroatoms. The molecule has 4 aliphatic rings. The van der Waals surface area contributed by atoms with Gasteiger partial charge >= 0.3 is 5.97 Å². The van der Waals surface area contributed by atoms with Crippen LogP contribution in [0.3, 0.4) is 0 Å². The minimum Gasteiger partial charge on any atom is -0.456 e. The van der Waals surface area contributed by atoms with Gasteiger partial charge in [-0.25, -0.2) is 0 Å². The van der Waals surface area contributed by atoms with E-state index in [-0.39, 0.29) is 29.2 Å². The van der Waals surface area contributed by atoms with Crippen LogP contribution in [-0.2, 0) is 14.3 Å². The van der Waals surface area contributed by atoms with Crippen LogP contribution >= 0.6 is 0 Å². The van der Waals surface area contributed by atoms with Crippen molar-refractivity contribution in [3.05, 3.63) is 23.3 Å². The number of carbonyl (C=O) groups is 2. The van der Waals surface area contributed by atoms with Crippen LogP contribution in [0.2, 0.25) is 0 Å². The maximum Gasteiger partial charge on any atom is 0.318 e. The molecule has 0 N–H and O–H groups in total. The van der Waals surface area contributed by atoms with Crippen molar-refractivity contribution in [1.29, 1.82) is 0 Å². The molecule has 3 aliphatic carbocycles. The molecule has 23 heavy (non-hydrogen) atoms. The Labute approximate surface area is 138 Å². The molecular formula is C20H26O3. The van der Waals surface area contributed by atoms with Gasteiger partial charge in [-0.05, 0) is 54.1 Å². The number of hydrogen-bond donors (Lipinski definition) is 0. The number of ether oxygens (including phenoxy) is 1. The smallest absolute Gasteiger partial charge is 0.318 e. The van der Waals surface area contributed by atoms with E-state index in [9.17, 15) is 9.59 Å². The maximum absolute atomic E-state index is 12.8. The van der Waals surface area contributed by atoms with Crippen molar-refractivity contribution in [1.82, 2.24) is 0 Å². The Morgan fingerprint density at radius 3 is 2.65 bits per heavy atom. The summed E-state index contributed by atoms with van der Waals surface area (Å²) in [6, 6.07) is 0. The van der Waals surface area contributed by atoms with Gasteiger partial charge in [-0.3, -0.25) is 9.59 Å². The van der Waals surface area contributed by atoms with Crippen molar-refractivity contribution >= 4 is 11.8 Å². The van der Waals surface area contributed by atoms with E-state index < -0.39 is 11.3 Å². The van der Waals surface area contributed by atoms with Crippen LogP contribution in [0.4, 0.5) is 0 Å². The van der Waals surface area contributed by atoms with Crippen LogP contribution in [0, 0.1) is 28.6 Å². The molecule has 0 radical (unpaired) electrons. The molecule has 0 aromatic carbocycles. The van der Waals surface area contributed by atoms with Gasteiger partial charge < -0.3 is 4.74 Å². The fourth-order valence-electron chi connectivity index (χ4n) is 5.50. The van der Waals surface area contributed by atoms with E-state index in [1.54, 1.807) is 0 Å². The quantitative estimate of drug-likeness (QED) is 0.419. The second-order valence-electron chi connectivity index (χ2n) is 8.80. The molecule has 0 amide bonds. The summed E-state index contributed by atoms with van der Waals surface area (Å²) in [5, 5.41) is 0. The number of allylic oxidation sites excluding steroid dienone is 2. The Kier molecular flexibility index (Phi) is 3.02. The molecular weight excluding hydrogens is 288 g/mol. The molecule has 4 atom stereocenters. The summed E-state index contributed by atoms with van der Waals surface area (Å²) in [7, 11) is 0.